The molecule has 18 heteroatoms. The number of imide groups is 2. The third-order valence-corrected chi connectivity index (χ3v) is 12.2. The van der Waals surface area contributed by atoms with Gasteiger partial charge in [-0.2, -0.15) is 5.43 Å². The Labute approximate surface area is 347 Å². The number of unbranched alkanes of at least 4 members (excludes halogenated alkanes) is 1. The second kappa shape index (κ2) is 17.1. The van der Waals surface area contributed by atoms with Gasteiger partial charge in [-0.1, -0.05) is 18.2 Å². The SMILES string of the molecule is CS(=O)(=O)c1ccc(C2=CC=CC3=NC(Nc4ccc(N5CCN(CC(=O)NCCCCNc6ccc7c(c6)C(=O)N(C6CCC(=O)NC6=O)C7=O)CC5)cc4)NN23)cc1. The van der Waals surface area contributed by atoms with Gasteiger partial charge in [-0.05, 0) is 91.6 Å². The van der Waals surface area contributed by atoms with Crippen LogP contribution in [-0.4, -0.2) is 123 Å². The largest absolute Gasteiger partial charge is 0.385 e. The number of benzene rings is 3. The number of sulfone groups is 1. The van der Waals surface area contributed by atoms with Crippen LogP contribution in [0.1, 0.15) is 52.0 Å². The number of hydrazine groups is 1. The molecule has 5 amide bonds. The van der Waals surface area contributed by atoms with Gasteiger partial charge in [-0.3, -0.25) is 44.1 Å². The number of fused-ring (bicyclic) bond motifs is 2. The maximum absolute atomic E-state index is 13.1. The van der Waals surface area contributed by atoms with E-state index < -0.39 is 45.8 Å². The van der Waals surface area contributed by atoms with Crippen molar-refractivity contribution < 1.29 is 32.4 Å². The van der Waals surface area contributed by atoms with Crippen molar-refractivity contribution in [2.45, 2.75) is 42.9 Å². The first-order valence-electron chi connectivity index (χ1n) is 19.9. The van der Waals surface area contributed by atoms with Crippen LogP contribution >= 0.6 is 0 Å². The van der Waals surface area contributed by atoms with Crippen LogP contribution in [0.15, 0.2) is 94.8 Å². The molecule has 3 aromatic rings. The molecular weight excluding hydrogens is 789 g/mol. The third-order valence-electron chi connectivity index (χ3n) is 11.0. The van der Waals surface area contributed by atoms with Crippen LogP contribution in [0.25, 0.3) is 5.70 Å². The fourth-order valence-electron chi connectivity index (χ4n) is 7.82. The van der Waals surface area contributed by atoms with E-state index in [1.165, 1.54) is 6.26 Å². The van der Waals surface area contributed by atoms with Gasteiger partial charge < -0.3 is 20.9 Å². The van der Waals surface area contributed by atoms with Crippen molar-refractivity contribution in [3.05, 3.63) is 102 Å². The van der Waals surface area contributed by atoms with Crippen LogP contribution in [0.4, 0.5) is 17.1 Å². The standard InChI is InChI=1S/C42H46N10O7S/c1-60(58,59)31-14-7-27(8-15-31)34-5-4-6-36-46-42(48-52(34)36)45-28-9-12-30(13-10-28)50-23-21-49(22-24-50)26-38(54)44-20-3-2-19-43-29-11-16-32-33(25-29)41(57)51(40(32)56)35-17-18-37(53)47-39(35)55/h4-16,25,35,42-43,45,48H,2-3,17-24,26H2,1H3,(H,44,54)(H,47,53,55). The average Bonchev–Trinajstić information content (AvgIpc) is 3.76. The third kappa shape index (κ3) is 8.80. The number of piperidine rings is 1. The molecule has 0 bridgehead atoms. The number of anilines is 3. The molecule has 2 unspecified atom stereocenters. The minimum atomic E-state index is -3.29. The Morgan fingerprint density at radius 1 is 0.867 bits per heavy atom. The first-order valence-corrected chi connectivity index (χ1v) is 21.8. The maximum atomic E-state index is 13.1. The number of hydrogen-bond acceptors (Lipinski definition) is 14. The molecule has 60 heavy (non-hydrogen) atoms. The smallest absolute Gasteiger partial charge is 0.262 e. The molecule has 17 nitrogen and oxygen atoms in total. The van der Waals surface area contributed by atoms with E-state index in [0.717, 1.165) is 72.4 Å². The zero-order valence-electron chi connectivity index (χ0n) is 33.0. The molecule has 5 heterocycles. The summed E-state index contributed by atoms with van der Waals surface area (Å²) in [6.45, 7) is 4.58. The molecule has 0 saturated carbocycles. The van der Waals surface area contributed by atoms with Gasteiger partial charge in [0.15, 0.2) is 16.1 Å². The number of amidine groups is 1. The van der Waals surface area contributed by atoms with Gasteiger partial charge in [0.2, 0.25) is 17.7 Å². The molecule has 3 aromatic carbocycles. The number of nitrogens with one attached hydrogen (secondary N) is 5. The number of piperazine rings is 1. The highest BCUT2D eigenvalue weighted by atomic mass is 32.2. The molecule has 312 valence electrons. The fourth-order valence-corrected chi connectivity index (χ4v) is 8.45. The Morgan fingerprint density at radius 3 is 2.32 bits per heavy atom. The van der Waals surface area contributed by atoms with Crippen LogP contribution < -0.4 is 31.6 Å². The molecule has 0 spiro atoms. The molecule has 5 aliphatic heterocycles. The fraction of sp³-hybridized carbons (Fsp3) is 0.333. The second-order valence-corrected chi connectivity index (χ2v) is 17.2. The van der Waals surface area contributed by atoms with Crippen molar-refractivity contribution in [1.82, 2.24) is 30.9 Å². The highest BCUT2D eigenvalue weighted by Crippen LogP contribution is 2.30. The number of carbonyl (C=O) groups is 5. The van der Waals surface area contributed by atoms with Gasteiger partial charge >= 0.3 is 0 Å². The monoisotopic (exact) mass is 834 g/mol. The molecule has 0 aromatic heterocycles. The molecule has 2 fully saturated rings. The lowest BCUT2D eigenvalue weighted by atomic mass is 10.0. The predicted molar refractivity (Wildman–Crippen MR) is 225 cm³/mol. The highest BCUT2D eigenvalue weighted by Gasteiger charge is 2.44. The molecule has 8 rings (SSSR count). The van der Waals surface area contributed by atoms with Crippen molar-refractivity contribution in [2.75, 3.05) is 67.6 Å². The van der Waals surface area contributed by atoms with Crippen LogP contribution in [-0.2, 0) is 24.2 Å². The summed E-state index contributed by atoms with van der Waals surface area (Å²) in [6.07, 6.45) is 8.27. The summed E-state index contributed by atoms with van der Waals surface area (Å²) < 4.78 is 23.8. The molecule has 2 atom stereocenters. The van der Waals surface area contributed by atoms with E-state index in [1.807, 2.05) is 35.4 Å². The van der Waals surface area contributed by atoms with E-state index in [1.54, 1.807) is 42.5 Å². The van der Waals surface area contributed by atoms with Gasteiger partial charge in [0.25, 0.3) is 11.8 Å². The first kappa shape index (κ1) is 40.4. The van der Waals surface area contributed by atoms with Crippen LogP contribution in [0.5, 0.6) is 0 Å². The number of hydrogen-bond donors (Lipinski definition) is 5. The number of carbonyl (C=O) groups excluding carboxylic acids is 5. The first-order chi connectivity index (χ1) is 28.9. The molecule has 0 radical (unpaired) electrons. The lowest BCUT2D eigenvalue weighted by Crippen LogP contribution is -2.54. The summed E-state index contributed by atoms with van der Waals surface area (Å²) in [5.74, 6) is -1.41. The maximum Gasteiger partial charge on any atom is 0.262 e. The molecular formula is C42H46N10O7S. The van der Waals surface area contributed by atoms with E-state index >= 15 is 0 Å². The number of allylic oxidation sites excluding steroid dienone is 2. The number of aliphatic imine (C=N–C) groups is 1. The number of nitrogens with zero attached hydrogens (tertiary/aromatic N) is 5. The highest BCUT2D eigenvalue weighted by molar-refractivity contribution is 7.90. The number of amides is 5. The Hall–Kier alpha value is -6.37. The summed E-state index contributed by atoms with van der Waals surface area (Å²) >= 11 is 0. The quantitative estimate of drug-likeness (QED) is 0.117. The minimum Gasteiger partial charge on any atom is -0.385 e. The van der Waals surface area contributed by atoms with Crippen LogP contribution in [0.3, 0.4) is 0 Å². The number of rotatable bonds is 14. The van der Waals surface area contributed by atoms with Gasteiger partial charge in [0, 0.05) is 69.0 Å². The van der Waals surface area contributed by atoms with Gasteiger partial charge in [0.05, 0.1) is 28.3 Å². The van der Waals surface area contributed by atoms with Crippen molar-refractivity contribution in [3.63, 3.8) is 0 Å². The van der Waals surface area contributed by atoms with E-state index in [0.29, 0.717) is 25.3 Å². The summed E-state index contributed by atoms with van der Waals surface area (Å²) in [6, 6.07) is 18.9. The topological polar surface area (TPSA) is 205 Å². The Balaban J connectivity index is 0.718. The zero-order chi connectivity index (χ0) is 42.0. The zero-order valence-corrected chi connectivity index (χ0v) is 33.8. The summed E-state index contributed by atoms with van der Waals surface area (Å²) in [5.41, 5.74) is 8.23. The van der Waals surface area contributed by atoms with Crippen molar-refractivity contribution in [2.24, 2.45) is 4.99 Å². The summed E-state index contributed by atoms with van der Waals surface area (Å²) in [5, 5.41) is 13.8. The van der Waals surface area contributed by atoms with Crippen molar-refractivity contribution >= 4 is 68.0 Å². The molecule has 5 N–H and O–H groups in total. The summed E-state index contributed by atoms with van der Waals surface area (Å²) in [4.78, 5) is 73.0. The van der Waals surface area contributed by atoms with Crippen LogP contribution in [0, 0.1) is 0 Å². The van der Waals surface area contributed by atoms with Crippen LogP contribution in [0.2, 0.25) is 0 Å². The molecule has 2 saturated heterocycles. The van der Waals surface area contributed by atoms with E-state index in [4.69, 9.17) is 4.99 Å². The Kier molecular flexibility index (Phi) is 11.5. The van der Waals surface area contributed by atoms with E-state index in [2.05, 4.69) is 48.6 Å². The minimum absolute atomic E-state index is 0.0163. The van der Waals surface area contributed by atoms with E-state index in [-0.39, 0.29) is 34.8 Å². The lowest BCUT2D eigenvalue weighted by molar-refractivity contribution is -0.136. The average molecular weight is 835 g/mol. The second-order valence-electron chi connectivity index (χ2n) is 15.2. The Morgan fingerprint density at radius 2 is 1.58 bits per heavy atom. The predicted octanol–water partition coefficient (Wildman–Crippen LogP) is 2.15. The van der Waals surface area contributed by atoms with Gasteiger partial charge in [0.1, 0.15) is 11.9 Å². The van der Waals surface area contributed by atoms with Gasteiger partial charge in [-0.25, -0.2) is 13.4 Å². The summed E-state index contributed by atoms with van der Waals surface area (Å²) in [7, 11) is -3.29. The molecule has 0 aliphatic carbocycles. The normalized spacial score (nSPS) is 20.4. The Bertz CT molecular complexity index is 2410. The van der Waals surface area contributed by atoms with Crippen molar-refractivity contribution in [3.8, 4) is 0 Å². The molecule has 5 aliphatic rings. The van der Waals surface area contributed by atoms with E-state index in [9.17, 15) is 32.4 Å². The van der Waals surface area contributed by atoms with Gasteiger partial charge in [-0.15, -0.1) is 0 Å². The van der Waals surface area contributed by atoms with Crippen molar-refractivity contribution in [1.29, 1.82) is 0 Å². The lowest BCUT2D eigenvalue weighted by Gasteiger charge is -2.35.